The SMILES string of the molecule is Cc1ccc(C(=O)Nc2cc(NCCN(C)C)c(F)c(C(F)(F)F)c2)cc1-n1cc(-c2cn[nH]c2C)nn1. The lowest BCUT2D eigenvalue weighted by Crippen LogP contribution is -2.22. The van der Waals surface area contributed by atoms with E-state index < -0.39 is 23.5 Å². The summed E-state index contributed by atoms with van der Waals surface area (Å²) in [7, 11) is 3.56. The highest BCUT2D eigenvalue weighted by atomic mass is 19.4. The van der Waals surface area contributed by atoms with Crippen LogP contribution in [0.1, 0.15) is 27.2 Å². The number of hydrogen-bond donors (Lipinski definition) is 3. The lowest BCUT2D eigenvalue weighted by molar-refractivity contribution is -0.139. The molecule has 200 valence electrons. The van der Waals surface area contributed by atoms with Gasteiger partial charge in [-0.15, -0.1) is 5.10 Å². The third kappa shape index (κ3) is 5.83. The molecule has 2 aromatic heterocycles. The fourth-order valence-corrected chi connectivity index (χ4v) is 3.76. The number of amides is 1. The Bertz CT molecular complexity index is 1460. The predicted molar refractivity (Wildman–Crippen MR) is 135 cm³/mol. The maximum Gasteiger partial charge on any atom is 0.419 e. The molecule has 0 bridgehead atoms. The summed E-state index contributed by atoms with van der Waals surface area (Å²) in [5, 5.41) is 20.2. The molecule has 0 fully saturated rings. The van der Waals surface area contributed by atoms with E-state index in [1.807, 2.05) is 13.8 Å². The number of aromatic amines is 1. The number of hydrogen-bond acceptors (Lipinski definition) is 6. The van der Waals surface area contributed by atoms with Crippen molar-refractivity contribution in [3.05, 3.63) is 70.9 Å². The van der Waals surface area contributed by atoms with Gasteiger partial charge in [-0.25, -0.2) is 9.07 Å². The van der Waals surface area contributed by atoms with Crippen LogP contribution in [0.25, 0.3) is 16.9 Å². The van der Waals surface area contributed by atoms with Gasteiger partial charge in [-0.3, -0.25) is 9.89 Å². The van der Waals surface area contributed by atoms with Crippen molar-refractivity contribution in [2.24, 2.45) is 0 Å². The summed E-state index contributed by atoms with van der Waals surface area (Å²) < 4.78 is 56.7. The number of anilines is 2. The molecule has 38 heavy (non-hydrogen) atoms. The number of nitrogens with one attached hydrogen (secondary N) is 3. The van der Waals surface area contributed by atoms with E-state index in [1.54, 1.807) is 43.5 Å². The zero-order valence-electron chi connectivity index (χ0n) is 21.1. The number of aryl methyl sites for hydroxylation is 2. The third-order valence-corrected chi connectivity index (χ3v) is 5.83. The molecule has 0 aliphatic heterocycles. The van der Waals surface area contributed by atoms with Crippen LogP contribution in [0.5, 0.6) is 0 Å². The Kier molecular flexibility index (Phi) is 7.49. The largest absolute Gasteiger partial charge is 0.419 e. The molecule has 4 rings (SSSR count). The molecule has 0 unspecified atom stereocenters. The maximum atomic E-state index is 14.6. The lowest BCUT2D eigenvalue weighted by Gasteiger charge is -2.17. The van der Waals surface area contributed by atoms with E-state index in [1.165, 1.54) is 10.7 Å². The first-order chi connectivity index (χ1) is 17.9. The van der Waals surface area contributed by atoms with Gasteiger partial charge in [-0.05, 0) is 57.8 Å². The third-order valence-electron chi connectivity index (χ3n) is 5.83. The van der Waals surface area contributed by atoms with Gasteiger partial charge in [0.1, 0.15) is 5.69 Å². The number of rotatable bonds is 8. The zero-order chi connectivity index (χ0) is 27.6. The van der Waals surface area contributed by atoms with Crippen molar-refractivity contribution < 1.29 is 22.4 Å². The number of aromatic nitrogens is 5. The second-order valence-corrected chi connectivity index (χ2v) is 9.03. The molecule has 0 aliphatic carbocycles. The van der Waals surface area contributed by atoms with E-state index in [4.69, 9.17) is 0 Å². The number of carbonyl (C=O) groups excluding carboxylic acids is 1. The Hall–Kier alpha value is -4.26. The number of alkyl halides is 3. The van der Waals surface area contributed by atoms with Crippen molar-refractivity contribution in [1.29, 1.82) is 0 Å². The van der Waals surface area contributed by atoms with Crippen molar-refractivity contribution in [1.82, 2.24) is 30.1 Å². The van der Waals surface area contributed by atoms with Crippen LogP contribution in [0, 0.1) is 19.7 Å². The quantitative estimate of drug-likeness (QED) is 0.287. The molecule has 0 spiro atoms. The summed E-state index contributed by atoms with van der Waals surface area (Å²) in [6, 6.07) is 6.50. The van der Waals surface area contributed by atoms with Gasteiger partial charge < -0.3 is 15.5 Å². The van der Waals surface area contributed by atoms with Crippen LogP contribution in [-0.2, 0) is 6.18 Å². The van der Waals surface area contributed by atoms with Crippen molar-refractivity contribution in [2.75, 3.05) is 37.8 Å². The standard InChI is InChI=1S/C25H26F4N8O/c1-14-5-6-16(9-22(14)37-13-21(34-35-37)18-12-31-33-15(18)2)24(38)32-17-10-19(25(27,28)29)23(26)20(11-17)30-7-8-36(3)4/h5-6,9-13,30H,7-8H2,1-4H3,(H,31,33)(H,32,38). The van der Waals surface area contributed by atoms with Crippen LogP contribution < -0.4 is 10.6 Å². The Morgan fingerprint density at radius 3 is 2.58 bits per heavy atom. The van der Waals surface area contributed by atoms with Gasteiger partial charge in [0.05, 0.1) is 29.3 Å². The summed E-state index contributed by atoms with van der Waals surface area (Å²) in [6.07, 6.45) is -1.64. The summed E-state index contributed by atoms with van der Waals surface area (Å²) in [5.41, 5.74) is 1.64. The van der Waals surface area contributed by atoms with E-state index in [9.17, 15) is 22.4 Å². The summed E-state index contributed by atoms with van der Waals surface area (Å²) >= 11 is 0. The first-order valence-corrected chi connectivity index (χ1v) is 11.6. The molecule has 1 amide bonds. The molecule has 13 heteroatoms. The smallest absolute Gasteiger partial charge is 0.381 e. The van der Waals surface area contributed by atoms with Crippen molar-refractivity contribution in [3.8, 4) is 16.9 Å². The molecule has 0 aliphatic rings. The van der Waals surface area contributed by atoms with Gasteiger partial charge in [0, 0.05) is 35.6 Å². The first kappa shape index (κ1) is 26.8. The summed E-state index contributed by atoms with van der Waals surface area (Å²) in [5.74, 6) is -2.10. The van der Waals surface area contributed by atoms with Gasteiger partial charge in [-0.2, -0.15) is 18.3 Å². The Morgan fingerprint density at radius 2 is 1.92 bits per heavy atom. The Labute approximate surface area is 215 Å². The van der Waals surface area contributed by atoms with E-state index in [-0.39, 0.29) is 23.5 Å². The molecule has 0 atom stereocenters. The highest BCUT2D eigenvalue weighted by Gasteiger charge is 2.36. The topological polar surface area (TPSA) is 104 Å². The minimum absolute atomic E-state index is 0.169. The Balaban J connectivity index is 1.61. The van der Waals surface area contributed by atoms with Crippen molar-refractivity contribution in [2.45, 2.75) is 20.0 Å². The molecule has 0 radical (unpaired) electrons. The zero-order valence-corrected chi connectivity index (χ0v) is 21.1. The fraction of sp³-hybridized carbons (Fsp3) is 0.280. The van der Waals surface area contributed by atoms with Gasteiger partial charge in [0.15, 0.2) is 5.82 Å². The summed E-state index contributed by atoms with van der Waals surface area (Å²) in [4.78, 5) is 14.8. The van der Waals surface area contributed by atoms with Gasteiger partial charge in [0.2, 0.25) is 0 Å². The molecule has 4 aromatic rings. The van der Waals surface area contributed by atoms with Crippen LogP contribution in [0.15, 0.2) is 42.7 Å². The molecule has 2 heterocycles. The number of halogens is 4. The van der Waals surface area contributed by atoms with Crippen LogP contribution in [0.4, 0.5) is 28.9 Å². The second-order valence-electron chi connectivity index (χ2n) is 9.03. The minimum Gasteiger partial charge on any atom is -0.381 e. The highest BCUT2D eigenvalue weighted by Crippen LogP contribution is 2.36. The number of H-pyrrole nitrogens is 1. The number of carbonyl (C=O) groups is 1. The lowest BCUT2D eigenvalue weighted by atomic mass is 10.1. The number of benzene rings is 2. The minimum atomic E-state index is -4.95. The average molecular weight is 531 g/mol. The van der Waals surface area contributed by atoms with Crippen molar-refractivity contribution in [3.63, 3.8) is 0 Å². The van der Waals surface area contributed by atoms with Crippen LogP contribution >= 0.6 is 0 Å². The molecular formula is C25H26F4N8O. The van der Waals surface area contributed by atoms with Gasteiger partial charge in [0.25, 0.3) is 5.91 Å². The fourth-order valence-electron chi connectivity index (χ4n) is 3.76. The monoisotopic (exact) mass is 530 g/mol. The van der Waals surface area contributed by atoms with E-state index >= 15 is 0 Å². The normalized spacial score (nSPS) is 11.7. The number of nitrogens with zero attached hydrogens (tertiary/aromatic N) is 5. The van der Waals surface area contributed by atoms with Crippen LogP contribution in [-0.4, -0.2) is 63.2 Å². The highest BCUT2D eigenvalue weighted by molar-refractivity contribution is 6.05. The van der Waals surface area contributed by atoms with E-state index in [0.717, 1.165) is 22.9 Å². The Morgan fingerprint density at radius 1 is 1.16 bits per heavy atom. The molecule has 0 saturated heterocycles. The van der Waals surface area contributed by atoms with Crippen LogP contribution in [0.3, 0.4) is 0 Å². The second kappa shape index (κ2) is 10.6. The molecule has 3 N–H and O–H groups in total. The molecular weight excluding hydrogens is 504 g/mol. The maximum absolute atomic E-state index is 14.6. The van der Waals surface area contributed by atoms with Crippen LogP contribution in [0.2, 0.25) is 0 Å². The van der Waals surface area contributed by atoms with Gasteiger partial charge in [-0.1, -0.05) is 11.3 Å². The first-order valence-electron chi connectivity index (χ1n) is 11.6. The average Bonchev–Trinajstić information content (AvgIpc) is 3.49. The van der Waals surface area contributed by atoms with E-state index in [2.05, 4.69) is 31.1 Å². The van der Waals surface area contributed by atoms with Gasteiger partial charge >= 0.3 is 6.18 Å². The molecule has 2 aromatic carbocycles. The van der Waals surface area contributed by atoms with Crippen molar-refractivity contribution >= 4 is 17.3 Å². The summed E-state index contributed by atoms with van der Waals surface area (Å²) in [6.45, 7) is 4.34. The molecule has 9 nitrogen and oxygen atoms in total. The molecule has 0 saturated carbocycles. The van der Waals surface area contributed by atoms with E-state index in [0.29, 0.717) is 24.0 Å². The predicted octanol–water partition coefficient (Wildman–Crippen LogP) is 4.66. The number of likely N-dealkylation sites (N-methyl/N-ethyl adjacent to an activating group) is 1.